The highest BCUT2D eigenvalue weighted by Crippen LogP contribution is 2.44. The van der Waals surface area contributed by atoms with Crippen LogP contribution in [0, 0.1) is 27.7 Å². The average molecular weight is 567 g/mol. The molecule has 8 bridgehead atoms. The van der Waals surface area contributed by atoms with Crippen molar-refractivity contribution in [1.29, 1.82) is 0 Å². The number of hydrogen-bond donors (Lipinski definition) is 2. The van der Waals surface area contributed by atoms with Gasteiger partial charge in [-0.2, -0.15) is 0 Å². The molecule has 2 N–H and O–H groups in total. The lowest BCUT2D eigenvalue weighted by Gasteiger charge is -2.03. The molecule has 2 aliphatic rings. The molecule has 0 radical (unpaired) electrons. The normalized spacial score (nSPS) is 12.1. The molecule has 0 saturated carbocycles. The number of aromatic amines is 2. The Balaban J connectivity index is 1.60. The van der Waals surface area contributed by atoms with Crippen LogP contribution in [-0.4, -0.2) is 19.9 Å². The van der Waals surface area contributed by atoms with Crippen LogP contribution in [-0.2, 0) is 0 Å². The molecule has 3 aromatic heterocycles. The van der Waals surface area contributed by atoms with Gasteiger partial charge in [-0.3, -0.25) is 0 Å². The molecule has 0 saturated heterocycles. The Morgan fingerprint density at radius 2 is 0.568 bits per heavy atom. The van der Waals surface area contributed by atoms with Crippen LogP contribution >= 0.6 is 0 Å². The molecular weight excluding hydrogens is 536 g/mol. The van der Waals surface area contributed by atoms with Crippen molar-refractivity contribution in [2.75, 3.05) is 0 Å². The minimum Gasteiger partial charge on any atom is -0.354 e. The van der Waals surface area contributed by atoms with Gasteiger partial charge in [0.2, 0.25) is 0 Å². The summed E-state index contributed by atoms with van der Waals surface area (Å²) in [5.74, 6) is 0. The molecule has 2 aliphatic heterocycles. The van der Waals surface area contributed by atoms with E-state index in [1.807, 2.05) is 0 Å². The quantitative estimate of drug-likeness (QED) is 0.192. The van der Waals surface area contributed by atoms with Crippen molar-refractivity contribution in [3.8, 4) is 45.0 Å². The number of hydrogen-bond acceptors (Lipinski definition) is 2. The number of benzene rings is 4. The van der Waals surface area contributed by atoms with Gasteiger partial charge >= 0.3 is 0 Å². The highest BCUT2D eigenvalue weighted by Gasteiger charge is 2.24. The number of nitrogens with one attached hydrogen (secondary N) is 2. The van der Waals surface area contributed by atoms with E-state index in [0.717, 1.165) is 89.4 Å². The van der Waals surface area contributed by atoms with Gasteiger partial charge in [-0.05, 0) is 49.9 Å². The van der Waals surface area contributed by atoms with Crippen molar-refractivity contribution in [3.63, 3.8) is 0 Å². The second kappa shape index (κ2) is 9.01. The van der Waals surface area contributed by atoms with Crippen LogP contribution in [0.25, 0.3) is 88.6 Å². The average Bonchev–Trinajstić information content (AvgIpc) is 3.84. The lowest BCUT2D eigenvalue weighted by Crippen LogP contribution is -1.84. The van der Waals surface area contributed by atoms with Crippen molar-refractivity contribution < 1.29 is 0 Å². The molecule has 210 valence electrons. The van der Waals surface area contributed by atoms with Crippen LogP contribution in [0.2, 0.25) is 0 Å². The summed E-state index contributed by atoms with van der Waals surface area (Å²) in [4.78, 5) is 18.6. The second-order valence-corrected chi connectivity index (χ2v) is 12.1. The van der Waals surface area contributed by atoms with Gasteiger partial charge in [0.1, 0.15) is 0 Å². The van der Waals surface area contributed by atoms with Crippen molar-refractivity contribution in [3.05, 3.63) is 119 Å². The highest BCUT2D eigenvalue weighted by molar-refractivity contribution is 6.13. The first kappa shape index (κ1) is 25.1. The zero-order valence-corrected chi connectivity index (χ0v) is 25.1. The fourth-order valence-corrected chi connectivity index (χ4v) is 7.41. The monoisotopic (exact) mass is 566 g/mol. The van der Waals surface area contributed by atoms with Crippen LogP contribution in [0.5, 0.6) is 0 Å². The third kappa shape index (κ3) is 3.28. The minimum atomic E-state index is 1.01. The van der Waals surface area contributed by atoms with Gasteiger partial charge < -0.3 is 9.97 Å². The molecule has 0 fully saturated rings. The third-order valence-corrected chi connectivity index (χ3v) is 9.67. The zero-order chi connectivity index (χ0) is 29.7. The topological polar surface area (TPSA) is 57.4 Å². The second-order valence-electron chi connectivity index (χ2n) is 12.1. The maximum Gasteiger partial charge on any atom is 0.0766 e. The van der Waals surface area contributed by atoms with E-state index in [9.17, 15) is 0 Å². The smallest absolute Gasteiger partial charge is 0.0766 e. The number of H-pyrrole nitrogens is 2. The lowest BCUT2D eigenvalue weighted by molar-refractivity contribution is 1.31. The van der Waals surface area contributed by atoms with Crippen LogP contribution < -0.4 is 0 Å². The molecular formula is C40H30N4. The number of aryl methyl sites for hydroxylation is 4. The summed E-state index contributed by atoms with van der Waals surface area (Å²) < 4.78 is 0. The Hall–Kier alpha value is -5.48. The maximum atomic E-state index is 5.42. The molecule has 0 unspecified atom stereocenters. The number of fused-ring (bicyclic) bond motifs is 20. The minimum absolute atomic E-state index is 1.01. The Bertz CT molecular complexity index is 2200. The third-order valence-electron chi connectivity index (χ3n) is 9.67. The van der Waals surface area contributed by atoms with Gasteiger partial charge in [0, 0.05) is 43.8 Å². The summed E-state index contributed by atoms with van der Waals surface area (Å²) in [5, 5.41) is 4.76. The van der Waals surface area contributed by atoms with E-state index < -0.39 is 0 Å². The van der Waals surface area contributed by atoms with Crippen molar-refractivity contribution in [1.82, 2.24) is 19.9 Å². The van der Waals surface area contributed by atoms with E-state index in [1.54, 1.807) is 0 Å². The van der Waals surface area contributed by atoms with Crippen LogP contribution in [0.1, 0.15) is 22.3 Å². The molecule has 4 aromatic carbocycles. The molecule has 5 heterocycles. The zero-order valence-electron chi connectivity index (χ0n) is 25.1. The van der Waals surface area contributed by atoms with Gasteiger partial charge in [0.25, 0.3) is 0 Å². The maximum absolute atomic E-state index is 5.42. The molecule has 44 heavy (non-hydrogen) atoms. The number of nitrogens with zero attached hydrogens (tertiary/aromatic N) is 2. The summed E-state index contributed by atoms with van der Waals surface area (Å²) in [6.45, 7) is 8.79. The lowest BCUT2D eigenvalue weighted by atomic mass is 9.99. The van der Waals surface area contributed by atoms with E-state index in [4.69, 9.17) is 9.97 Å². The molecule has 9 rings (SSSR count). The summed E-state index contributed by atoms with van der Waals surface area (Å²) >= 11 is 0. The predicted octanol–water partition coefficient (Wildman–Crippen LogP) is 10.5. The summed E-state index contributed by atoms with van der Waals surface area (Å²) in [7, 11) is 0. The predicted molar refractivity (Wildman–Crippen MR) is 184 cm³/mol. The molecule has 0 amide bonds. The van der Waals surface area contributed by atoms with Gasteiger partial charge in [-0.1, -0.05) is 97.1 Å². The van der Waals surface area contributed by atoms with Gasteiger partial charge in [-0.25, -0.2) is 9.97 Å². The van der Waals surface area contributed by atoms with Crippen molar-refractivity contribution in [2.24, 2.45) is 0 Å². The van der Waals surface area contributed by atoms with Gasteiger partial charge in [-0.15, -0.1) is 0 Å². The summed E-state index contributed by atoms with van der Waals surface area (Å²) in [6.07, 6.45) is 0. The Kier molecular flexibility index (Phi) is 5.13. The van der Waals surface area contributed by atoms with E-state index in [1.165, 1.54) is 21.5 Å². The fraction of sp³-hybridized carbons (Fsp3) is 0.100. The molecule has 0 atom stereocenters. The molecule has 0 spiro atoms. The number of rotatable bonds is 0. The van der Waals surface area contributed by atoms with Crippen LogP contribution in [0.3, 0.4) is 0 Å². The van der Waals surface area contributed by atoms with Crippen molar-refractivity contribution >= 4 is 43.6 Å². The Labute approximate surface area is 255 Å². The fourth-order valence-electron chi connectivity index (χ4n) is 7.41. The van der Waals surface area contributed by atoms with Gasteiger partial charge in [0.15, 0.2) is 0 Å². The van der Waals surface area contributed by atoms with Crippen LogP contribution in [0.15, 0.2) is 97.1 Å². The largest absolute Gasteiger partial charge is 0.354 e. The molecule has 7 aromatic rings. The molecule has 4 nitrogen and oxygen atoms in total. The van der Waals surface area contributed by atoms with E-state index in [0.29, 0.717) is 0 Å². The summed E-state index contributed by atoms with van der Waals surface area (Å²) in [5.41, 5.74) is 17.6. The first-order chi connectivity index (χ1) is 21.5. The van der Waals surface area contributed by atoms with Crippen molar-refractivity contribution in [2.45, 2.75) is 27.7 Å². The first-order valence-corrected chi connectivity index (χ1v) is 15.2. The molecule has 4 heteroatoms. The van der Waals surface area contributed by atoms with E-state index in [-0.39, 0.29) is 0 Å². The van der Waals surface area contributed by atoms with E-state index in [2.05, 4.69) is 135 Å². The van der Waals surface area contributed by atoms with Crippen LogP contribution in [0.4, 0.5) is 0 Å². The standard InChI is InChI=1S/C40H30N4/c1-21-33-25-13-5-7-15-27(25)35(41-33)22(2)37-29-17-9-11-19-31(29)39(43-37)24(4)40-32-20-12-10-18-30(32)38(44-40)23(3)36-28-16-8-6-14-26(28)34(21)42-36/h5-20,41,44H,1-4H3. The first-order valence-electron chi connectivity index (χ1n) is 15.2. The Morgan fingerprint density at radius 1 is 0.341 bits per heavy atom. The number of aromatic nitrogens is 4. The summed E-state index contributed by atoms with van der Waals surface area (Å²) in [6, 6.07) is 34.6. The van der Waals surface area contributed by atoms with E-state index >= 15 is 0 Å². The SMILES string of the molecule is Cc1c2nc(c(C)c3[nH]c(c(C)c4nc(c(C)c5[nH]c1c1ccccc51)-c1ccccc1-4)c1ccccc31)-c1ccccc1-2. The Morgan fingerprint density at radius 3 is 0.818 bits per heavy atom. The highest BCUT2D eigenvalue weighted by atomic mass is 14.8. The molecule has 0 aliphatic carbocycles. The van der Waals surface area contributed by atoms with Gasteiger partial charge in [0.05, 0.1) is 44.8 Å².